The number of allylic oxidation sites excluding steroid dienone is 4. The third kappa shape index (κ3) is 6.37. The van der Waals surface area contributed by atoms with Crippen molar-refractivity contribution in [2.75, 3.05) is 0 Å². The Labute approximate surface area is 95.5 Å². The van der Waals surface area contributed by atoms with Gasteiger partial charge in [0.2, 0.25) is 0 Å². The van der Waals surface area contributed by atoms with Gasteiger partial charge in [0, 0.05) is 11.3 Å². The average molecular weight is 223 g/mol. The molecule has 0 saturated heterocycles. The molecule has 0 aromatic rings. The molecule has 0 radical (unpaired) electrons. The number of nitrogens with two attached hydrogens (primary N) is 1. The molecule has 0 aliphatic carbocycles. The molecule has 0 unspecified atom stereocenters. The van der Waals surface area contributed by atoms with Crippen LogP contribution < -0.4 is 5.73 Å². The summed E-state index contributed by atoms with van der Waals surface area (Å²) in [5, 5.41) is 8.41. The van der Waals surface area contributed by atoms with Gasteiger partial charge >= 0.3 is 5.97 Å². The minimum atomic E-state index is -1.54. The summed E-state index contributed by atoms with van der Waals surface area (Å²) in [6, 6.07) is 0. The van der Waals surface area contributed by atoms with Gasteiger partial charge in [-0.25, -0.2) is 4.79 Å². The molecule has 88 valence electrons. The topological polar surface area (TPSA) is 80.4 Å². The predicted octanol–water partition coefficient (Wildman–Crippen LogP) is 1.81. The molecule has 0 aliphatic rings. The predicted molar refractivity (Wildman–Crippen MR) is 64.7 cm³/mol. The number of ketones is 1. The lowest BCUT2D eigenvalue weighted by molar-refractivity contribution is -0.147. The van der Waals surface area contributed by atoms with E-state index in [1.54, 1.807) is 0 Å². The Hall–Kier alpha value is -2.10. The van der Waals surface area contributed by atoms with E-state index in [0.29, 0.717) is 0 Å². The van der Waals surface area contributed by atoms with Crippen LogP contribution in [0.4, 0.5) is 0 Å². The van der Waals surface area contributed by atoms with E-state index >= 15 is 0 Å². The lowest BCUT2D eigenvalue weighted by Gasteiger charge is -1.96. The van der Waals surface area contributed by atoms with Gasteiger partial charge in [0.25, 0.3) is 5.78 Å². The maximum Gasteiger partial charge on any atom is 0.377 e. The molecule has 16 heavy (non-hydrogen) atoms. The number of hydrogen-bond donors (Lipinski definition) is 2. The fourth-order valence-electron chi connectivity index (χ4n) is 0.704. The van der Waals surface area contributed by atoms with Crippen molar-refractivity contribution >= 4 is 11.8 Å². The lowest BCUT2D eigenvalue weighted by atomic mass is 10.1. The number of carbonyl (C=O) groups is 2. The van der Waals surface area contributed by atoms with E-state index in [1.165, 1.54) is 18.2 Å². The Morgan fingerprint density at radius 2 is 1.75 bits per heavy atom. The molecule has 0 fully saturated rings. The summed E-state index contributed by atoms with van der Waals surface area (Å²) in [6.07, 6.45) is 5.24. The summed E-state index contributed by atoms with van der Waals surface area (Å²) in [7, 11) is 0. The molecule has 4 nitrogen and oxygen atoms in total. The van der Waals surface area contributed by atoms with Crippen LogP contribution >= 0.6 is 0 Å². The molecule has 0 heterocycles. The van der Waals surface area contributed by atoms with Crippen molar-refractivity contribution < 1.29 is 14.7 Å². The van der Waals surface area contributed by atoms with Crippen molar-refractivity contribution in [2.45, 2.75) is 13.8 Å². The van der Waals surface area contributed by atoms with Gasteiger partial charge in [-0.2, -0.15) is 0 Å². The highest BCUT2D eigenvalue weighted by Crippen LogP contribution is 2.01. The van der Waals surface area contributed by atoms with Crippen molar-refractivity contribution in [1.29, 1.82) is 0 Å². The Bertz CT molecular complexity index is 338. The van der Waals surface area contributed by atoms with Gasteiger partial charge in [-0.3, -0.25) is 4.79 Å². The normalized spacial score (nSPS) is 10.9. The first-order valence-corrected chi connectivity index (χ1v) is 4.73. The van der Waals surface area contributed by atoms with E-state index in [9.17, 15) is 9.59 Å². The molecule has 0 aliphatic heterocycles. The standard InChI is InChI=1S/C10H11NO3.C2H6/c1-3-5-8(11)6-7(4-2)9(12)10(13)14;1-2/h3-6H,1-2,11H2,(H,13,14);1-2H3/b7-6+,8-5+;. The summed E-state index contributed by atoms with van der Waals surface area (Å²) in [5.74, 6) is -2.58. The van der Waals surface area contributed by atoms with Gasteiger partial charge < -0.3 is 10.8 Å². The Morgan fingerprint density at radius 1 is 1.25 bits per heavy atom. The van der Waals surface area contributed by atoms with Crippen LogP contribution in [-0.4, -0.2) is 16.9 Å². The van der Waals surface area contributed by atoms with Gasteiger partial charge in [-0.1, -0.05) is 39.2 Å². The number of Topliss-reactive ketones (excluding diaryl/α,β-unsaturated/α-hetero) is 1. The number of aliphatic carboxylic acids is 1. The van der Waals surface area contributed by atoms with E-state index in [4.69, 9.17) is 10.8 Å². The second-order valence-corrected chi connectivity index (χ2v) is 2.34. The van der Waals surface area contributed by atoms with Crippen molar-refractivity contribution in [3.63, 3.8) is 0 Å². The molecule has 0 aromatic heterocycles. The minimum Gasteiger partial charge on any atom is -0.475 e. The quantitative estimate of drug-likeness (QED) is 0.423. The number of rotatable bonds is 5. The van der Waals surface area contributed by atoms with Crippen LogP contribution in [0, 0.1) is 0 Å². The first-order chi connectivity index (χ1) is 7.52. The fourth-order valence-corrected chi connectivity index (χ4v) is 0.704. The van der Waals surface area contributed by atoms with Crippen LogP contribution in [0.15, 0.2) is 48.7 Å². The summed E-state index contributed by atoms with van der Waals surface area (Å²) < 4.78 is 0. The molecule has 4 heteroatoms. The largest absolute Gasteiger partial charge is 0.475 e. The minimum absolute atomic E-state index is 0.0619. The molecule has 0 spiro atoms. The Balaban J connectivity index is 0. The fraction of sp³-hybridized carbons (Fsp3) is 0.167. The van der Waals surface area contributed by atoms with Gasteiger partial charge in [-0.05, 0) is 12.2 Å². The average Bonchev–Trinajstić information content (AvgIpc) is 2.28. The smallest absolute Gasteiger partial charge is 0.377 e. The summed E-state index contributed by atoms with van der Waals surface area (Å²) in [5.41, 5.74) is 5.60. The zero-order valence-electron chi connectivity index (χ0n) is 9.56. The van der Waals surface area contributed by atoms with E-state index in [1.807, 2.05) is 13.8 Å². The van der Waals surface area contributed by atoms with Gasteiger partial charge in [0.1, 0.15) is 0 Å². The van der Waals surface area contributed by atoms with Crippen LogP contribution in [0.5, 0.6) is 0 Å². The van der Waals surface area contributed by atoms with E-state index < -0.39 is 11.8 Å². The first-order valence-electron chi connectivity index (χ1n) is 4.73. The molecule has 0 aromatic carbocycles. The Kier molecular flexibility index (Phi) is 9.65. The van der Waals surface area contributed by atoms with Crippen molar-refractivity contribution in [2.24, 2.45) is 5.73 Å². The van der Waals surface area contributed by atoms with Gasteiger partial charge in [-0.15, -0.1) is 0 Å². The highest BCUT2D eigenvalue weighted by Gasteiger charge is 2.14. The third-order valence-corrected chi connectivity index (χ3v) is 1.31. The van der Waals surface area contributed by atoms with Crippen LogP contribution in [0.2, 0.25) is 0 Å². The highest BCUT2D eigenvalue weighted by molar-refractivity contribution is 6.40. The second kappa shape index (κ2) is 9.45. The summed E-state index contributed by atoms with van der Waals surface area (Å²) >= 11 is 0. The van der Waals surface area contributed by atoms with Gasteiger partial charge in [0.15, 0.2) is 0 Å². The first kappa shape index (κ1) is 16.3. The zero-order chi connectivity index (χ0) is 13.1. The number of carboxylic acids is 1. The second-order valence-electron chi connectivity index (χ2n) is 2.34. The maximum absolute atomic E-state index is 11.0. The maximum atomic E-state index is 11.0. The number of carbonyl (C=O) groups excluding carboxylic acids is 1. The van der Waals surface area contributed by atoms with Crippen molar-refractivity contribution in [3.8, 4) is 0 Å². The summed E-state index contributed by atoms with van der Waals surface area (Å²) in [4.78, 5) is 21.3. The lowest BCUT2D eigenvalue weighted by Crippen LogP contribution is -2.14. The number of carboxylic acid groups (broad SMARTS) is 1. The molecule has 0 amide bonds. The molecule has 3 N–H and O–H groups in total. The van der Waals surface area contributed by atoms with Crippen LogP contribution in [0.1, 0.15) is 13.8 Å². The monoisotopic (exact) mass is 223 g/mol. The van der Waals surface area contributed by atoms with Crippen molar-refractivity contribution in [3.05, 3.63) is 48.7 Å². The third-order valence-electron chi connectivity index (χ3n) is 1.31. The molecular weight excluding hydrogens is 206 g/mol. The van der Waals surface area contributed by atoms with Crippen molar-refractivity contribution in [1.82, 2.24) is 0 Å². The van der Waals surface area contributed by atoms with Gasteiger partial charge in [0.05, 0.1) is 0 Å². The van der Waals surface area contributed by atoms with Crippen LogP contribution in [0.3, 0.4) is 0 Å². The van der Waals surface area contributed by atoms with E-state index in [2.05, 4.69) is 13.2 Å². The molecular formula is C12H17NO3. The molecule has 0 rings (SSSR count). The molecule has 0 bridgehead atoms. The zero-order valence-corrected chi connectivity index (χ0v) is 9.56. The Morgan fingerprint density at radius 3 is 2.06 bits per heavy atom. The van der Waals surface area contributed by atoms with E-state index in [-0.39, 0.29) is 11.3 Å². The highest BCUT2D eigenvalue weighted by atomic mass is 16.4. The summed E-state index contributed by atoms with van der Waals surface area (Å²) in [6.45, 7) is 10.7. The van der Waals surface area contributed by atoms with E-state index in [0.717, 1.165) is 6.08 Å². The molecule has 0 atom stereocenters. The molecule has 0 saturated carbocycles. The number of hydrogen-bond acceptors (Lipinski definition) is 3. The van der Waals surface area contributed by atoms with Crippen LogP contribution in [0.25, 0.3) is 0 Å². The van der Waals surface area contributed by atoms with Crippen LogP contribution in [-0.2, 0) is 9.59 Å². The SMILES string of the molecule is C=C/C=C(N)\C=C(/C=C)C(=O)C(=O)O.CC.